The molecule has 1 aromatic heterocycles. The number of nitrogens with zero attached hydrogens (tertiary/aromatic N) is 2. The van der Waals surface area contributed by atoms with E-state index in [1.165, 1.54) is 38.4 Å². The quantitative estimate of drug-likeness (QED) is 0.0929. The highest BCUT2D eigenvalue weighted by Gasteiger charge is 2.28. The second kappa shape index (κ2) is 16.2. The van der Waals surface area contributed by atoms with Gasteiger partial charge in [0.15, 0.2) is 0 Å². The molecule has 0 aliphatic rings. The van der Waals surface area contributed by atoms with Crippen molar-refractivity contribution < 1.29 is 32.9 Å². The third-order valence-corrected chi connectivity index (χ3v) is 7.82. The molecule has 0 fully saturated rings. The molecular weight excluding hydrogens is 641 g/mol. The molecule has 0 unspecified atom stereocenters. The SMILES string of the molecule is C/C=C(\C=C/CN(Cc1ccc(OC)cc1OC)C(=O)c1c(OC)c2cc(F)cc(N(C)Cc3ccccc3)c2[nH]c1=O)C(=O)OC(C)(C)C. The van der Waals surface area contributed by atoms with Gasteiger partial charge < -0.3 is 33.7 Å². The molecule has 0 spiro atoms. The Morgan fingerprint density at radius 2 is 1.66 bits per heavy atom. The molecule has 0 aliphatic carbocycles. The van der Waals surface area contributed by atoms with Crippen molar-refractivity contribution in [2.75, 3.05) is 39.8 Å². The van der Waals surface area contributed by atoms with Crippen molar-refractivity contribution in [3.8, 4) is 17.2 Å². The fourth-order valence-corrected chi connectivity index (χ4v) is 5.46. The molecule has 11 heteroatoms. The molecule has 10 nitrogen and oxygen atoms in total. The zero-order valence-electron chi connectivity index (χ0n) is 29.8. The van der Waals surface area contributed by atoms with E-state index >= 15 is 4.39 Å². The van der Waals surface area contributed by atoms with Crippen LogP contribution in [-0.4, -0.2) is 62.3 Å². The Bertz CT molecular complexity index is 1960. The molecule has 0 aliphatic heterocycles. The summed E-state index contributed by atoms with van der Waals surface area (Å²) in [6.45, 7) is 7.44. The average molecular weight is 686 g/mol. The number of benzene rings is 3. The van der Waals surface area contributed by atoms with Gasteiger partial charge in [-0.15, -0.1) is 0 Å². The summed E-state index contributed by atoms with van der Waals surface area (Å²) in [5.74, 6) is -0.826. The summed E-state index contributed by atoms with van der Waals surface area (Å²) in [7, 11) is 6.16. The number of fused-ring (bicyclic) bond motifs is 1. The van der Waals surface area contributed by atoms with Crippen LogP contribution in [0.1, 0.15) is 49.2 Å². The molecule has 1 N–H and O–H groups in total. The van der Waals surface area contributed by atoms with Crippen molar-refractivity contribution in [2.24, 2.45) is 0 Å². The lowest BCUT2D eigenvalue weighted by Crippen LogP contribution is -2.35. The fourth-order valence-electron chi connectivity index (χ4n) is 5.46. The lowest BCUT2D eigenvalue weighted by molar-refractivity contribution is -0.149. The van der Waals surface area contributed by atoms with Crippen LogP contribution in [0.25, 0.3) is 10.9 Å². The molecular formula is C39H44FN3O7. The number of allylic oxidation sites excluding steroid dienone is 1. The van der Waals surface area contributed by atoms with E-state index in [1.807, 2.05) is 35.2 Å². The van der Waals surface area contributed by atoms with Gasteiger partial charge in [0.1, 0.15) is 34.2 Å². The molecule has 1 heterocycles. The summed E-state index contributed by atoms with van der Waals surface area (Å²) in [6.07, 6.45) is 4.80. The van der Waals surface area contributed by atoms with Gasteiger partial charge in [0.25, 0.3) is 11.5 Å². The molecule has 3 aromatic carbocycles. The van der Waals surface area contributed by atoms with Crippen LogP contribution in [0.2, 0.25) is 0 Å². The number of aromatic nitrogens is 1. The van der Waals surface area contributed by atoms with Crippen molar-refractivity contribution >= 4 is 28.5 Å². The Balaban J connectivity index is 1.80. The smallest absolute Gasteiger partial charge is 0.338 e. The molecule has 4 rings (SSSR count). The molecule has 0 saturated heterocycles. The predicted octanol–water partition coefficient (Wildman–Crippen LogP) is 6.82. The molecule has 4 aromatic rings. The van der Waals surface area contributed by atoms with E-state index in [1.54, 1.807) is 71.2 Å². The summed E-state index contributed by atoms with van der Waals surface area (Å²) in [5, 5.41) is 0.226. The minimum atomic E-state index is -0.709. The van der Waals surface area contributed by atoms with Gasteiger partial charge in [0, 0.05) is 43.7 Å². The van der Waals surface area contributed by atoms with Crippen LogP contribution < -0.4 is 24.7 Å². The number of carbonyl (C=O) groups is 2. The van der Waals surface area contributed by atoms with Crippen molar-refractivity contribution in [1.29, 1.82) is 0 Å². The molecule has 264 valence electrons. The number of H-pyrrole nitrogens is 1. The normalized spacial score (nSPS) is 11.8. The predicted molar refractivity (Wildman–Crippen MR) is 193 cm³/mol. The monoisotopic (exact) mass is 685 g/mol. The molecule has 1 amide bonds. The number of nitrogens with one attached hydrogen (secondary N) is 1. The Hall–Kier alpha value is -5.58. The van der Waals surface area contributed by atoms with Crippen LogP contribution in [0, 0.1) is 5.82 Å². The number of halogens is 1. The van der Waals surface area contributed by atoms with Gasteiger partial charge in [0.2, 0.25) is 0 Å². The summed E-state index contributed by atoms with van der Waals surface area (Å²) in [5.41, 5.74) is 0.928. The van der Waals surface area contributed by atoms with Crippen molar-refractivity contribution in [1.82, 2.24) is 9.88 Å². The number of ether oxygens (including phenoxy) is 4. The maximum atomic E-state index is 15.2. The van der Waals surface area contributed by atoms with Crippen molar-refractivity contribution in [3.05, 3.63) is 117 Å². The second-order valence-electron chi connectivity index (χ2n) is 12.6. The van der Waals surface area contributed by atoms with Crippen LogP contribution in [0.4, 0.5) is 10.1 Å². The summed E-state index contributed by atoms with van der Waals surface area (Å²) < 4.78 is 37.4. The zero-order valence-corrected chi connectivity index (χ0v) is 29.8. The fraction of sp³-hybridized carbons (Fsp3) is 0.308. The first-order valence-corrected chi connectivity index (χ1v) is 16.0. The van der Waals surface area contributed by atoms with Gasteiger partial charge in [-0.3, -0.25) is 9.59 Å². The van der Waals surface area contributed by atoms with Crippen LogP contribution in [0.15, 0.2) is 89.3 Å². The first-order chi connectivity index (χ1) is 23.8. The number of esters is 1. The Morgan fingerprint density at radius 3 is 2.28 bits per heavy atom. The topological polar surface area (TPSA) is 110 Å². The highest BCUT2D eigenvalue weighted by atomic mass is 19.1. The van der Waals surface area contributed by atoms with E-state index in [-0.39, 0.29) is 35.4 Å². The van der Waals surface area contributed by atoms with Gasteiger partial charge in [-0.05, 0) is 57.5 Å². The van der Waals surface area contributed by atoms with Gasteiger partial charge in [0.05, 0.1) is 38.1 Å². The highest BCUT2D eigenvalue weighted by molar-refractivity contribution is 6.05. The number of anilines is 1. The number of pyridine rings is 1. The summed E-state index contributed by atoms with van der Waals surface area (Å²) in [4.78, 5) is 47.1. The van der Waals surface area contributed by atoms with E-state index in [9.17, 15) is 14.4 Å². The molecule has 50 heavy (non-hydrogen) atoms. The standard InChI is InChI=1S/C39H44FN3O7/c1-9-26(38(46)50-39(2,3)4)16-13-19-43(24-27-17-18-29(47-6)22-32(27)48-7)37(45)33-35(49-8)30-20-28(40)21-31(34(30)41-36(33)44)42(5)23-25-14-11-10-12-15-25/h9-18,20-22H,19,23-24H2,1-8H3,(H,41,44)/b16-13-,26-9+. The van der Waals surface area contributed by atoms with Crippen LogP contribution in [0.5, 0.6) is 17.2 Å². The number of amides is 1. The summed E-state index contributed by atoms with van der Waals surface area (Å²) in [6, 6.07) is 17.4. The van der Waals surface area contributed by atoms with Gasteiger partial charge in [-0.25, -0.2) is 9.18 Å². The van der Waals surface area contributed by atoms with Gasteiger partial charge >= 0.3 is 5.97 Å². The van der Waals surface area contributed by atoms with Crippen LogP contribution in [0.3, 0.4) is 0 Å². The third-order valence-electron chi connectivity index (χ3n) is 7.82. The lowest BCUT2D eigenvalue weighted by atomic mass is 10.1. The van der Waals surface area contributed by atoms with Crippen LogP contribution in [-0.2, 0) is 22.6 Å². The first kappa shape index (κ1) is 37.2. The molecule has 0 radical (unpaired) electrons. The second-order valence-corrected chi connectivity index (χ2v) is 12.6. The van der Waals surface area contributed by atoms with E-state index in [4.69, 9.17) is 18.9 Å². The minimum absolute atomic E-state index is 0.00277. The third kappa shape index (κ3) is 8.90. The van der Waals surface area contributed by atoms with Gasteiger partial charge in [-0.2, -0.15) is 0 Å². The number of methoxy groups -OCH3 is 3. The Kier molecular flexibility index (Phi) is 12.1. The zero-order chi connectivity index (χ0) is 36.6. The van der Waals surface area contributed by atoms with Crippen molar-refractivity contribution in [3.63, 3.8) is 0 Å². The lowest BCUT2D eigenvalue weighted by Gasteiger charge is -2.25. The Labute approximate surface area is 291 Å². The van der Waals surface area contributed by atoms with E-state index in [0.717, 1.165) is 5.56 Å². The van der Waals surface area contributed by atoms with E-state index in [0.29, 0.717) is 34.8 Å². The molecule has 0 saturated carbocycles. The number of aromatic amines is 1. The van der Waals surface area contributed by atoms with Crippen LogP contribution >= 0.6 is 0 Å². The molecule has 0 atom stereocenters. The van der Waals surface area contributed by atoms with Crippen molar-refractivity contribution in [2.45, 2.75) is 46.4 Å². The number of carbonyl (C=O) groups excluding carboxylic acids is 2. The number of rotatable bonds is 13. The van der Waals surface area contributed by atoms with E-state index < -0.39 is 28.9 Å². The first-order valence-electron chi connectivity index (χ1n) is 16.0. The maximum Gasteiger partial charge on any atom is 0.338 e. The number of hydrogen-bond acceptors (Lipinski definition) is 8. The van der Waals surface area contributed by atoms with E-state index in [2.05, 4.69) is 4.98 Å². The minimum Gasteiger partial charge on any atom is -0.497 e. The average Bonchev–Trinajstić information content (AvgIpc) is 3.08. The molecule has 0 bridgehead atoms. The van der Waals surface area contributed by atoms with Gasteiger partial charge in [-0.1, -0.05) is 48.6 Å². The highest BCUT2D eigenvalue weighted by Crippen LogP contribution is 2.35. The summed E-state index contributed by atoms with van der Waals surface area (Å²) >= 11 is 0. The number of hydrogen-bond donors (Lipinski definition) is 1. The Morgan fingerprint density at radius 1 is 0.940 bits per heavy atom. The maximum absolute atomic E-state index is 15.2. The largest absolute Gasteiger partial charge is 0.497 e.